The van der Waals surface area contributed by atoms with Crippen molar-refractivity contribution < 1.29 is 9.59 Å². The van der Waals surface area contributed by atoms with Crippen molar-refractivity contribution >= 4 is 17.5 Å². The summed E-state index contributed by atoms with van der Waals surface area (Å²) < 4.78 is 0. The van der Waals surface area contributed by atoms with Gasteiger partial charge in [-0.05, 0) is 37.0 Å². The van der Waals surface area contributed by atoms with Crippen LogP contribution >= 0.6 is 0 Å². The van der Waals surface area contributed by atoms with Gasteiger partial charge in [-0.25, -0.2) is 0 Å². The van der Waals surface area contributed by atoms with Crippen LogP contribution in [-0.2, 0) is 9.59 Å². The number of anilines is 1. The van der Waals surface area contributed by atoms with Gasteiger partial charge in [-0.2, -0.15) is 0 Å². The number of piperazine rings is 1. The van der Waals surface area contributed by atoms with E-state index in [9.17, 15) is 9.59 Å². The summed E-state index contributed by atoms with van der Waals surface area (Å²) in [6.45, 7) is 3.43. The lowest BCUT2D eigenvalue weighted by Gasteiger charge is -2.34. The Hall–Kier alpha value is -2.62. The molecule has 1 aliphatic heterocycles. The third-order valence-electron chi connectivity index (χ3n) is 5.21. The molecule has 2 aliphatic rings. The fourth-order valence-electron chi connectivity index (χ4n) is 3.63. The molecule has 0 radical (unpaired) electrons. The van der Waals surface area contributed by atoms with Crippen molar-refractivity contribution in [2.75, 3.05) is 24.5 Å². The van der Waals surface area contributed by atoms with Crippen LogP contribution in [0.1, 0.15) is 23.5 Å². The molecule has 2 unspecified atom stereocenters. The number of benzene rings is 2. The van der Waals surface area contributed by atoms with Gasteiger partial charge in [0.25, 0.3) is 0 Å². The summed E-state index contributed by atoms with van der Waals surface area (Å²) in [4.78, 5) is 28.7. The molecule has 1 saturated carbocycles. The molecule has 0 N–H and O–H groups in total. The normalized spacial score (nSPS) is 22.8. The fourth-order valence-corrected chi connectivity index (χ4v) is 3.63. The molecule has 0 bridgehead atoms. The fraction of sp³-hybridized carbons (Fsp3) is 0.333. The van der Waals surface area contributed by atoms with Crippen LogP contribution in [0, 0.1) is 12.8 Å². The molecule has 1 saturated heterocycles. The van der Waals surface area contributed by atoms with Gasteiger partial charge < -0.3 is 9.80 Å². The first-order chi connectivity index (χ1) is 12.1. The highest BCUT2D eigenvalue weighted by atomic mass is 16.2. The maximum atomic E-state index is 12.8. The number of nitrogens with zero attached hydrogens (tertiary/aromatic N) is 2. The summed E-state index contributed by atoms with van der Waals surface area (Å²) in [5.74, 6) is 0.485. The van der Waals surface area contributed by atoms with Crippen LogP contribution in [0.25, 0.3) is 0 Å². The zero-order valence-corrected chi connectivity index (χ0v) is 14.4. The third kappa shape index (κ3) is 3.16. The minimum atomic E-state index is -0.00154. The Morgan fingerprint density at radius 1 is 1.00 bits per heavy atom. The minimum Gasteiger partial charge on any atom is -0.331 e. The van der Waals surface area contributed by atoms with Crippen molar-refractivity contribution in [2.45, 2.75) is 19.3 Å². The molecule has 4 nitrogen and oxygen atoms in total. The number of carbonyl (C=O) groups is 2. The maximum absolute atomic E-state index is 12.8. The van der Waals surface area contributed by atoms with Gasteiger partial charge in [-0.3, -0.25) is 9.59 Å². The van der Waals surface area contributed by atoms with E-state index in [0.29, 0.717) is 19.0 Å². The molecule has 2 aromatic rings. The summed E-state index contributed by atoms with van der Waals surface area (Å²) in [6.07, 6.45) is 0.898. The van der Waals surface area contributed by atoms with E-state index in [0.717, 1.165) is 12.1 Å². The van der Waals surface area contributed by atoms with Gasteiger partial charge in [0.1, 0.15) is 6.54 Å². The molecule has 25 heavy (non-hydrogen) atoms. The van der Waals surface area contributed by atoms with Crippen molar-refractivity contribution in [3.63, 3.8) is 0 Å². The lowest BCUT2D eigenvalue weighted by molar-refractivity contribution is -0.138. The average Bonchev–Trinajstić information content (AvgIpc) is 3.43. The second kappa shape index (κ2) is 6.36. The second-order valence-corrected chi connectivity index (χ2v) is 7.00. The summed E-state index contributed by atoms with van der Waals surface area (Å²) in [6, 6.07) is 18.1. The molecule has 1 aliphatic carbocycles. The van der Waals surface area contributed by atoms with E-state index >= 15 is 0 Å². The molecule has 4 rings (SSSR count). The Morgan fingerprint density at radius 2 is 1.72 bits per heavy atom. The van der Waals surface area contributed by atoms with Crippen LogP contribution in [0.4, 0.5) is 5.69 Å². The molecule has 1 heterocycles. The van der Waals surface area contributed by atoms with E-state index in [2.05, 4.69) is 31.2 Å². The molecule has 2 atom stereocenters. The maximum Gasteiger partial charge on any atom is 0.246 e. The van der Waals surface area contributed by atoms with Gasteiger partial charge in [-0.15, -0.1) is 0 Å². The van der Waals surface area contributed by atoms with Gasteiger partial charge in [-0.1, -0.05) is 48.0 Å². The van der Waals surface area contributed by atoms with E-state index in [1.807, 2.05) is 30.3 Å². The van der Waals surface area contributed by atoms with E-state index < -0.39 is 0 Å². The number of hydrogen-bond donors (Lipinski definition) is 0. The minimum absolute atomic E-state index is 0.00154. The lowest BCUT2D eigenvalue weighted by atomic mass is 10.1. The summed E-state index contributed by atoms with van der Waals surface area (Å²) >= 11 is 0. The highest BCUT2D eigenvalue weighted by Gasteiger charge is 2.46. The van der Waals surface area contributed by atoms with Gasteiger partial charge in [0.05, 0.1) is 0 Å². The molecule has 128 valence electrons. The van der Waals surface area contributed by atoms with Crippen molar-refractivity contribution in [3.8, 4) is 0 Å². The van der Waals surface area contributed by atoms with Crippen molar-refractivity contribution in [1.29, 1.82) is 0 Å². The number of amides is 2. The Morgan fingerprint density at radius 3 is 2.40 bits per heavy atom. The highest BCUT2D eigenvalue weighted by molar-refractivity contribution is 5.98. The summed E-state index contributed by atoms with van der Waals surface area (Å²) in [7, 11) is 0. The van der Waals surface area contributed by atoms with Crippen LogP contribution in [0.15, 0.2) is 54.6 Å². The number of carbonyl (C=O) groups excluding carboxylic acids is 2. The monoisotopic (exact) mass is 334 g/mol. The standard InChI is InChI=1S/C21H22N2O2/c1-15-7-9-16(10-8-15)18-13-19(18)21(25)22-11-12-23(20(24)14-22)17-5-3-2-4-6-17/h2-10,18-19H,11-14H2,1H3. The number of rotatable bonds is 3. The zero-order valence-electron chi connectivity index (χ0n) is 14.4. The van der Waals surface area contributed by atoms with Gasteiger partial charge in [0.15, 0.2) is 0 Å². The first-order valence-corrected chi connectivity index (χ1v) is 8.84. The van der Waals surface area contributed by atoms with E-state index in [1.165, 1.54) is 11.1 Å². The molecular weight excluding hydrogens is 312 g/mol. The predicted molar refractivity (Wildman–Crippen MR) is 97.4 cm³/mol. The van der Waals surface area contributed by atoms with E-state index in [-0.39, 0.29) is 24.3 Å². The molecular formula is C21H22N2O2. The molecule has 2 fully saturated rings. The predicted octanol–water partition coefficient (Wildman–Crippen LogP) is 2.97. The molecule has 2 amide bonds. The largest absolute Gasteiger partial charge is 0.331 e. The summed E-state index contributed by atoms with van der Waals surface area (Å²) in [5, 5.41) is 0. The molecule has 0 spiro atoms. The second-order valence-electron chi connectivity index (χ2n) is 7.00. The lowest BCUT2D eigenvalue weighted by Crippen LogP contribution is -2.52. The Labute approximate surface area is 148 Å². The van der Waals surface area contributed by atoms with E-state index in [1.54, 1.807) is 9.80 Å². The number of aryl methyl sites for hydroxylation is 1. The average molecular weight is 334 g/mol. The van der Waals surface area contributed by atoms with Gasteiger partial charge in [0.2, 0.25) is 11.8 Å². The Bertz CT molecular complexity index is 785. The number of hydrogen-bond acceptors (Lipinski definition) is 2. The SMILES string of the molecule is Cc1ccc(C2CC2C(=O)N2CCN(c3ccccc3)C(=O)C2)cc1. The third-order valence-corrected chi connectivity index (χ3v) is 5.21. The first-order valence-electron chi connectivity index (χ1n) is 8.84. The van der Waals surface area contributed by atoms with Crippen molar-refractivity contribution in [1.82, 2.24) is 4.90 Å². The van der Waals surface area contributed by atoms with Crippen LogP contribution in [0.3, 0.4) is 0 Å². The topological polar surface area (TPSA) is 40.6 Å². The van der Waals surface area contributed by atoms with E-state index in [4.69, 9.17) is 0 Å². The molecule has 2 aromatic carbocycles. The quantitative estimate of drug-likeness (QED) is 0.866. The van der Waals surface area contributed by atoms with Crippen molar-refractivity contribution in [3.05, 3.63) is 65.7 Å². The molecule has 0 aromatic heterocycles. The van der Waals surface area contributed by atoms with Crippen molar-refractivity contribution in [2.24, 2.45) is 5.92 Å². The van der Waals surface area contributed by atoms with Crippen LogP contribution in [0.2, 0.25) is 0 Å². The van der Waals surface area contributed by atoms with Crippen LogP contribution in [-0.4, -0.2) is 36.3 Å². The molecule has 4 heteroatoms. The van der Waals surface area contributed by atoms with Crippen LogP contribution in [0.5, 0.6) is 0 Å². The Kier molecular flexibility index (Phi) is 4.04. The van der Waals surface area contributed by atoms with Gasteiger partial charge in [0, 0.05) is 24.7 Å². The summed E-state index contributed by atoms with van der Waals surface area (Å²) in [5.41, 5.74) is 3.37. The highest BCUT2D eigenvalue weighted by Crippen LogP contribution is 2.48. The first kappa shape index (κ1) is 15.9. The smallest absolute Gasteiger partial charge is 0.246 e. The zero-order chi connectivity index (χ0) is 17.4. The number of para-hydroxylation sites is 1. The Balaban J connectivity index is 1.38. The van der Waals surface area contributed by atoms with Gasteiger partial charge >= 0.3 is 0 Å². The van der Waals surface area contributed by atoms with Crippen LogP contribution < -0.4 is 4.90 Å².